The summed E-state index contributed by atoms with van der Waals surface area (Å²) in [6.45, 7) is 1.74. The van der Waals surface area contributed by atoms with Gasteiger partial charge in [-0.2, -0.15) is 4.79 Å². The molecule has 0 N–H and O–H groups in total. The maximum absolute atomic E-state index is 8.47. The molecular formula is C9H10N2O. The quantitative estimate of drug-likeness (QED) is 0.371. The second-order valence-electron chi connectivity index (χ2n) is 2.41. The molecule has 0 atom stereocenters. The highest BCUT2D eigenvalue weighted by Crippen LogP contribution is 2.10. The zero-order chi connectivity index (χ0) is 8.97. The van der Waals surface area contributed by atoms with E-state index < -0.39 is 0 Å². The molecule has 0 spiro atoms. The first-order valence-electron chi connectivity index (χ1n) is 3.61. The molecule has 1 aromatic rings. The standard InChI is InChI=1S/C9H10N2O/c1-7(11-10)8-3-5-9(12-2)6-4-8/h3-6H,1-2H3. The van der Waals surface area contributed by atoms with Crippen molar-refractivity contribution in [2.75, 3.05) is 7.11 Å². The van der Waals surface area contributed by atoms with Crippen molar-refractivity contribution >= 4 is 5.71 Å². The summed E-state index contributed by atoms with van der Waals surface area (Å²) in [4.78, 5) is 3.09. The third-order valence-electron chi connectivity index (χ3n) is 1.66. The molecule has 3 nitrogen and oxygen atoms in total. The molecule has 0 aliphatic heterocycles. The number of ether oxygens (including phenoxy) is 1. The van der Waals surface area contributed by atoms with Crippen molar-refractivity contribution in [1.82, 2.24) is 0 Å². The molecule has 1 rings (SSSR count). The van der Waals surface area contributed by atoms with Crippen LogP contribution in [0, 0.1) is 0 Å². The lowest BCUT2D eigenvalue weighted by molar-refractivity contribution is -0.00460. The van der Waals surface area contributed by atoms with Crippen LogP contribution in [-0.4, -0.2) is 17.6 Å². The second kappa shape index (κ2) is 3.69. The molecule has 62 valence electrons. The monoisotopic (exact) mass is 162 g/mol. The summed E-state index contributed by atoms with van der Waals surface area (Å²) in [5.41, 5.74) is 9.95. The molecule has 1 aromatic carbocycles. The van der Waals surface area contributed by atoms with E-state index in [1.54, 1.807) is 14.0 Å². The molecule has 0 aliphatic rings. The minimum absolute atomic E-state index is 0.595. The first kappa shape index (κ1) is 8.50. The van der Waals surface area contributed by atoms with Gasteiger partial charge in [0.2, 0.25) is 0 Å². The SMILES string of the molecule is COc1ccc(C(C)=[N+]=[N-])cc1. The van der Waals surface area contributed by atoms with Gasteiger partial charge in [-0.15, -0.1) is 0 Å². The van der Waals surface area contributed by atoms with Crippen LogP contribution in [0.1, 0.15) is 12.5 Å². The van der Waals surface area contributed by atoms with Crippen molar-refractivity contribution in [3.63, 3.8) is 0 Å². The Morgan fingerprint density at radius 3 is 2.33 bits per heavy atom. The molecule has 0 saturated heterocycles. The first-order chi connectivity index (χ1) is 5.77. The number of methoxy groups -OCH3 is 1. The fourth-order valence-corrected chi connectivity index (χ4v) is 0.890. The molecule has 0 saturated carbocycles. The fourth-order valence-electron chi connectivity index (χ4n) is 0.890. The van der Waals surface area contributed by atoms with Crippen molar-refractivity contribution in [3.05, 3.63) is 35.4 Å². The summed E-state index contributed by atoms with van der Waals surface area (Å²) in [5.74, 6) is 0.796. The van der Waals surface area contributed by atoms with Gasteiger partial charge in [0.1, 0.15) is 5.75 Å². The summed E-state index contributed by atoms with van der Waals surface area (Å²) < 4.78 is 4.98. The van der Waals surface area contributed by atoms with Crippen LogP contribution >= 0.6 is 0 Å². The van der Waals surface area contributed by atoms with Gasteiger partial charge in [0.05, 0.1) is 12.7 Å². The fraction of sp³-hybridized carbons (Fsp3) is 0.222. The number of nitrogens with zero attached hydrogens (tertiary/aromatic N) is 2. The van der Waals surface area contributed by atoms with Crippen molar-refractivity contribution in [2.24, 2.45) is 0 Å². The van der Waals surface area contributed by atoms with E-state index in [9.17, 15) is 0 Å². The van der Waals surface area contributed by atoms with Gasteiger partial charge in [0.15, 0.2) is 0 Å². The molecule has 0 radical (unpaired) electrons. The zero-order valence-electron chi connectivity index (χ0n) is 7.11. The maximum Gasteiger partial charge on any atom is 0.296 e. The predicted octanol–water partition coefficient (Wildman–Crippen LogP) is 1.73. The minimum Gasteiger partial charge on any atom is -0.497 e. The molecular weight excluding hydrogens is 152 g/mol. The van der Waals surface area contributed by atoms with Crippen LogP contribution in [0.3, 0.4) is 0 Å². The van der Waals surface area contributed by atoms with Crippen molar-refractivity contribution in [1.29, 1.82) is 0 Å². The Labute approximate surface area is 71.2 Å². The van der Waals surface area contributed by atoms with E-state index in [1.165, 1.54) is 0 Å². The minimum atomic E-state index is 0.595. The zero-order valence-corrected chi connectivity index (χ0v) is 7.11. The highest BCUT2D eigenvalue weighted by Gasteiger charge is 2.02. The Morgan fingerprint density at radius 2 is 1.92 bits per heavy atom. The maximum atomic E-state index is 8.47. The van der Waals surface area contributed by atoms with Crippen molar-refractivity contribution in [2.45, 2.75) is 6.92 Å². The molecule has 0 unspecified atom stereocenters. The second-order valence-corrected chi connectivity index (χ2v) is 2.41. The number of hydrogen-bond donors (Lipinski definition) is 0. The third kappa shape index (κ3) is 1.71. The van der Waals surface area contributed by atoms with Gasteiger partial charge >= 0.3 is 0 Å². The Morgan fingerprint density at radius 1 is 1.33 bits per heavy atom. The lowest BCUT2D eigenvalue weighted by Crippen LogP contribution is -1.94. The molecule has 3 heteroatoms. The Hall–Kier alpha value is -1.60. The Bertz CT molecular complexity index is 310. The van der Waals surface area contributed by atoms with E-state index in [2.05, 4.69) is 4.79 Å². The van der Waals surface area contributed by atoms with Crippen molar-refractivity contribution < 1.29 is 9.53 Å². The molecule has 0 amide bonds. The summed E-state index contributed by atoms with van der Waals surface area (Å²) >= 11 is 0. The van der Waals surface area contributed by atoms with E-state index in [0.29, 0.717) is 5.71 Å². The topological polar surface area (TPSA) is 45.6 Å². The molecule has 0 heterocycles. The van der Waals surface area contributed by atoms with E-state index >= 15 is 0 Å². The van der Waals surface area contributed by atoms with Gasteiger partial charge in [-0.05, 0) is 24.3 Å². The van der Waals surface area contributed by atoms with Gasteiger partial charge < -0.3 is 10.3 Å². The average molecular weight is 162 g/mol. The molecule has 0 aliphatic carbocycles. The lowest BCUT2D eigenvalue weighted by atomic mass is 10.1. The molecule has 12 heavy (non-hydrogen) atoms. The summed E-state index contributed by atoms with van der Waals surface area (Å²) in [7, 11) is 1.61. The van der Waals surface area contributed by atoms with Crippen LogP contribution in [0.25, 0.3) is 5.53 Å². The first-order valence-corrected chi connectivity index (χ1v) is 3.61. The van der Waals surface area contributed by atoms with Gasteiger partial charge in [0, 0.05) is 6.92 Å². The van der Waals surface area contributed by atoms with E-state index in [1.807, 2.05) is 24.3 Å². The number of rotatable bonds is 2. The van der Waals surface area contributed by atoms with Crippen LogP contribution in [0.15, 0.2) is 24.3 Å². The Balaban J connectivity index is 3.00. The normalized spacial score (nSPS) is 8.83. The van der Waals surface area contributed by atoms with Crippen LogP contribution in [0.5, 0.6) is 5.75 Å². The summed E-state index contributed by atoms with van der Waals surface area (Å²) in [6.07, 6.45) is 0. The van der Waals surface area contributed by atoms with Gasteiger partial charge in [0.25, 0.3) is 5.71 Å². The summed E-state index contributed by atoms with van der Waals surface area (Å²) in [5, 5.41) is 0. The predicted molar refractivity (Wildman–Crippen MR) is 46.4 cm³/mol. The van der Waals surface area contributed by atoms with E-state index in [4.69, 9.17) is 10.3 Å². The van der Waals surface area contributed by atoms with E-state index in [-0.39, 0.29) is 0 Å². The highest BCUT2D eigenvalue weighted by atomic mass is 16.5. The number of benzene rings is 1. The highest BCUT2D eigenvalue weighted by molar-refractivity contribution is 5.94. The number of hydrogen-bond acceptors (Lipinski definition) is 1. The summed E-state index contributed by atoms with van der Waals surface area (Å²) in [6, 6.07) is 7.33. The molecule has 0 bridgehead atoms. The van der Waals surface area contributed by atoms with Crippen LogP contribution in [0.2, 0.25) is 0 Å². The van der Waals surface area contributed by atoms with Gasteiger partial charge in [-0.3, -0.25) is 0 Å². The largest absolute Gasteiger partial charge is 0.497 e. The molecule has 0 aromatic heterocycles. The van der Waals surface area contributed by atoms with Crippen LogP contribution < -0.4 is 4.74 Å². The lowest BCUT2D eigenvalue weighted by Gasteiger charge is -1.97. The third-order valence-corrected chi connectivity index (χ3v) is 1.66. The van der Waals surface area contributed by atoms with Gasteiger partial charge in [-0.25, -0.2) is 0 Å². The van der Waals surface area contributed by atoms with Crippen molar-refractivity contribution in [3.8, 4) is 5.75 Å². The van der Waals surface area contributed by atoms with Crippen LogP contribution in [-0.2, 0) is 0 Å². The van der Waals surface area contributed by atoms with Gasteiger partial charge in [-0.1, -0.05) is 0 Å². The van der Waals surface area contributed by atoms with E-state index in [0.717, 1.165) is 11.3 Å². The van der Waals surface area contributed by atoms with Crippen LogP contribution in [0.4, 0.5) is 0 Å². The average Bonchev–Trinajstić information content (AvgIpc) is 2.17. The smallest absolute Gasteiger partial charge is 0.296 e. The Kier molecular flexibility index (Phi) is 2.62. The molecule has 0 fully saturated rings.